The molecule has 1 unspecified atom stereocenters. The lowest BCUT2D eigenvalue weighted by molar-refractivity contribution is 0.101. The van der Waals surface area contributed by atoms with Gasteiger partial charge >= 0.3 is 0 Å². The Bertz CT molecular complexity index is 163. The van der Waals surface area contributed by atoms with Crippen molar-refractivity contribution in [2.45, 2.75) is 39.2 Å². The summed E-state index contributed by atoms with van der Waals surface area (Å²) in [6.45, 7) is 8.70. The molecule has 0 aliphatic carbocycles. The molecule has 1 atom stereocenters. The summed E-state index contributed by atoms with van der Waals surface area (Å²) in [4.78, 5) is 0. The summed E-state index contributed by atoms with van der Waals surface area (Å²) in [5.41, 5.74) is 0.245. The Balaban J connectivity index is 2.22. The molecule has 0 radical (unpaired) electrons. The molecule has 2 N–H and O–H groups in total. The lowest BCUT2D eigenvalue weighted by Crippen LogP contribution is -2.39. The molecule has 0 aromatic carbocycles. The van der Waals surface area contributed by atoms with Crippen LogP contribution < -0.4 is 10.6 Å². The summed E-state index contributed by atoms with van der Waals surface area (Å²) in [5.74, 6) is 0. The predicted octanol–water partition coefficient (Wildman–Crippen LogP) is 1.39. The third-order valence-corrected chi connectivity index (χ3v) is 2.98. The normalized spacial score (nSPS) is 23.8. The van der Waals surface area contributed by atoms with E-state index in [0.29, 0.717) is 6.04 Å². The first-order valence-electron chi connectivity index (χ1n) is 6.07. The van der Waals surface area contributed by atoms with Crippen LogP contribution >= 0.6 is 0 Å². The number of rotatable bonds is 5. The highest BCUT2D eigenvalue weighted by Crippen LogP contribution is 2.15. The first-order chi connectivity index (χ1) is 7.14. The summed E-state index contributed by atoms with van der Waals surface area (Å²) in [6, 6.07) is 0.691. The van der Waals surface area contributed by atoms with Crippen molar-refractivity contribution in [3.63, 3.8) is 0 Å². The zero-order chi connectivity index (χ0) is 11.1. The maximum absolute atomic E-state index is 5.22. The lowest BCUT2D eigenvalue weighted by Gasteiger charge is -2.27. The third-order valence-electron chi connectivity index (χ3n) is 2.98. The summed E-state index contributed by atoms with van der Waals surface area (Å²) in [5, 5.41) is 7.10. The van der Waals surface area contributed by atoms with Gasteiger partial charge in [-0.2, -0.15) is 0 Å². The molecule has 1 fully saturated rings. The van der Waals surface area contributed by atoms with Gasteiger partial charge in [0.15, 0.2) is 0 Å². The molecule has 1 aliphatic heterocycles. The molecule has 90 valence electrons. The van der Waals surface area contributed by atoms with Crippen molar-refractivity contribution in [1.82, 2.24) is 10.6 Å². The van der Waals surface area contributed by atoms with E-state index in [-0.39, 0.29) is 5.41 Å². The summed E-state index contributed by atoms with van der Waals surface area (Å²) in [7, 11) is 1.78. The second-order valence-corrected chi connectivity index (χ2v) is 5.36. The maximum atomic E-state index is 5.22. The van der Waals surface area contributed by atoms with E-state index in [9.17, 15) is 0 Å². The van der Waals surface area contributed by atoms with E-state index in [2.05, 4.69) is 24.5 Å². The molecule has 0 aromatic heterocycles. The van der Waals surface area contributed by atoms with Crippen molar-refractivity contribution in [2.75, 3.05) is 33.4 Å². The third kappa shape index (κ3) is 5.50. The largest absolute Gasteiger partial charge is 0.384 e. The lowest BCUT2D eigenvalue weighted by atomic mass is 9.94. The fourth-order valence-electron chi connectivity index (χ4n) is 2.09. The van der Waals surface area contributed by atoms with Gasteiger partial charge in [0.25, 0.3) is 0 Å². The van der Waals surface area contributed by atoms with Crippen LogP contribution in [0.5, 0.6) is 0 Å². The van der Waals surface area contributed by atoms with Gasteiger partial charge in [0.2, 0.25) is 0 Å². The summed E-state index contributed by atoms with van der Waals surface area (Å²) < 4.78 is 5.22. The highest BCUT2D eigenvalue weighted by atomic mass is 16.5. The van der Waals surface area contributed by atoms with Crippen molar-refractivity contribution in [3.05, 3.63) is 0 Å². The Morgan fingerprint density at radius 2 is 2.13 bits per heavy atom. The predicted molar refractivity (Wildman–Crippen MR) is 64.2 cm³/mol. The molecule has 0 bridgehead atoms. The number of methoxy groups -OCH3 is 1. The first kappa shape index (κ1) is 12.9. The second kappa shape index (κ2) is 6.46. The molecular formula is C12H26N2O. The monoisotopic (exact) mass is 214 g/mol. The van der Waals surface area contributed by atoms with Crippen molar-refractivity contribution in [1.29, 1.82) is 0 Å². The van der Waals surface area contributed by atoms with E-state index in [4.69, 9.17) is 4.74 Å². The Morgan fingerprint density at radius 3 is 2.87 bits per heavy atom. The van der Waals surface area contributed by atoms with Crippen LogP contribution in [0, 0.1) is 5.41 Å². The van der Waals surface area contributed by atoms with Gasteiger partial charge in [-0.25, -0.2) is 0 Å². The van der Waals surface area contributed by atoms with Crippen LogP contribution in [0.15, 0.2) is 0 Å². The van der Waals surface area contributed by atoms with Crippen molar-refractivity contribution in [3.8, 4) is 0 Å². The average Bonchev–Trinajstić information content (AvgIpc) is 2.43. The van der Waals surface area contributed by atoms with Gasteiger partial charge in [-0.15, -0.1) is 0 Å². The van der Waals surface area contributed by atoms with Gasteiger partial charge < -0.3 is 15.4 Å². The minimum atomic E-state index is 0.245. The van der Waals surface area contributed by atoms with Crippen molar-refractivity contribution < 1.29 is 4.74 Å². The van der Waals surface area contributed by atoms with Crippen molar-refractivity contribution in [2.24, 2.45) is 5.41 Å². The van der Waals surface area contributed by atoms with Crippen LogP contribution in [-0.2, 0) is 4.74 Å². The minimum absolute atomic E-state index is 0.245. The van der Waals surface area contributed by atoms with Crippen LogP contribution in [0.2, 0.25) is 0 Å². The quantitative estimate of drug-likeness (QED) is 0.725. The van der Waals surface area contributed by atoms with Gasteiger partial charge in [0.05, 0.1) is 6.61 Å². The van der Waals surface area contributed by atoms with Crippen LogP contribution in [0.4, 0.5) is 0 Å². The fraction of sp³-hybridized carbons (Fsp3) is 1.00. The van der Waals surface area contributed by atoms with Gasteiger partial charge in [-0.1, -0.05) is 13.8 Å². The Hall–Kier alpha value is -0.120. The molecule has 0 spiro atoms. The Kier molecular flexibility index (Phi) is 5.58. The SMILES string of the molecule is COCC(C)(C)CNC1CCCNCC1. The standard InChI is InChI=1S/C12H26N2O/c1-12(2,10-15-3)9-14-11-5-4-7-13-8-6-11/h11,13-14H,4-10H2,1-3H3. The molecule has 1 rings (SSSR count). The molecule has 15 heavy (non-hydrogen) atoms. The zero-order valence-electron chi connectivity index (χ0n) is 10.4. The number of hydrogen-bond acceptors (Lipinski definition) is 3. The fourth-order valence-corrected chi connectivity index (χ4v) is 2.09. The van der Waals surface area contributed by atoms with E-state index < -0.39 is 0 Å². The minimum Gasteiger partial charge on any atom is -0.384 e. The maximum Gasteiger partial charge on any atom is 0.0525 e. The highest BCUT2D eigenvalue weighted by Gasteiger charge is 2.20. The number of nitrogens with one attached hydrogen (secondary N) is 2. The molecule has 3 heteroatoms. The molecule has 0 saturated carbocycles. The molecule has 1 saturated heterocycles. The van der Waals surface area contributed by atoms with Gasteiger partial charge in [0, 0.05) is 25.1 Å². The molecule has 3 nitrogen and oxygen atoms in total. The number of ether oxygens (including phenoxy) is 1. The van der Waals surface area contributed by atoms with Crippen LogP contribution in [0.1, 0.15) is 33.1 Å². The smallest absolute Gasteiger partial charge is 0.0525 e. The van der Waals surface area contributed by atoms with Gasteiger partial charge in [-0.3, -0.25) is 0 Å². The second-order valence-electron chi connectivity index (χ2n) is 5.36. The first-order valence-corrected chi connectivity index (χ1v) is 6.07. The molecule has 1 heterocycles. The Labute approximate surface area is 94.0 Å². The van der Waals surface area contributed by atoms with E-state index in [1.54, 1.807) is 7.11 Å². The average molecular weight is 214 g/mol. The van der Waals surface area contributed by atoms with Crippen LogP contribution in [-0.4, -0.2) is 39.4 Å². The van der Waals surface area contributed by atoms with Gasteiger partial charge in [0.1, 0.15) is 0 Å². The van der Waals surface area contributed by atoms with Crippen LogP contribution in [0.3, 0.4) is 0 Å². The topological polar surface area (TPSA) is 33.3 Å². The summed E-state index contributed by atoms with van der Waals surface area (Å²) in [6.07, 6.45) is 3.85. The van der Waals surface area contributed by atoms with Crippen LogP contribution in [0.25, 0.3) is 0 Å². The molecule has 1 aliphatic rings. The molecular weight excluding hydrogens is 188 g/mol. The van der Waals surface area contributed by atoms with E-state index in [0.717, 1.165) is 19.7 Å². The van der Waals surface area contributed by atoms with E-state index in [1.807, 2.05) is 0 Å². The molecule has 0 amide bonds. The highest BCUT2D eigenvalue weighted by molar-refractivity contribution is 4.77. The van der Waals surface area contributed by atoms with Crippen molar-refractivity contribution >= 4 is 0 Å². The summed E-state index contributed by atoms with van der Waals surface area (Å²) >= 11 is 0. The van der Waals surface area contributed by atoms with Gasteiger partial charge in [-0.05, 0) is 32.4 Å². The Morgan fingerprint density at radius 1 is 1.33 bits per heavy atom. The van der Waals surface area contributed by atoms with E-state index >= 15 is 0 Å². The number of hydrogen-bond donors (Lipinski definition) is 2. The molecule has 0 aromatic rings. The zero-order valence-corrected chi connectivity index (χ0v) is 10.4. The van der Waals surface area contributed by atoms with E-state index in [1.165, 1.54) is 25.8 Å².